The summed E-state index contributed by atoms with van der Waals surface area (Å²) in [7, 11) is 0. The van der Waals surface area contributed by atoms with Crippen LogP contribution in [0.15, 0.2) is 17.4 Å². The standard InChI is InChI=1S/C15H27N5.HI/c1-12(2)11-20-9-8-17-14(20)10-18-15(16)19-13-6-4-3-5-7-13;/h8-9,12-13H,3-7,10-11H2,1-2H3,(H3,16,18,19);1H. The summed E-state index contributed by atoms with van der Waals surface area (Å²) >= 11 is 0. The fourth-order valence-electron chi connectivity index (χ4n) is 2.71. The van der Waals surface area contributed by atoms with Gasteiger partial charge in [0.2, 0.25) is 0 Å². The Hall–Kier alpha value is -0.790. The van der Waals surface area contributed by atoms with Crippen LogP contribution < -0.4 is 11.1 Å². The number of halogens is 1. The van der Waals surface area contributed by atoms with Gasteiger partial charge in [-0.3, -0.25) is 0 Å². The van der Waals surface area contributed by atoms with E-state index in [1.807, 2.05) is 12.4 Å². The summed E-state index contributed by atoms with van der Waals surface area (Å²) in [5.74, 6) is 2.13. The van der Waals surface area contributed by atoms with Gasteiger partial charge in [-0.25, -0.2) is 9.98 Å². The number of nitrogens with zero attached hydrogens (tertiary/aromatic N) is 3. The molecule has 1 heterocycles. The van der Waals surface area contributed by atoms with E-state index in [4.69, 9.17) is 5.73 Å². The van der Waals surface area contributed by atoms with Gasteiger partial charge in [0, 0.05) is 25.0 Å². The van der Waals surface area contributed by atoms with Crippen molar-refractivity contribution >= 4 is 29.9 Å². The molecule has 1 aromatic heterocycles. The van der Waals surface area contributed by atoms with Gasteiger partial charge in [-0.05, 0) is 18.8 Å². The monoisotopic (exact) mass is 405 g/mol. The number of hydrogen-bond donors (Lipinski definition) is 2. The summed E-state index contributed by atoms with van der Waals surface area (Å²) in [5.41, 5.74) is 5.97. The lowest BCUT2D eigenvalue weighted by Crippen LogP contribution is -2.41. The quantitative estimate of drug-likeness (QED) is 0.450. The van der Waals surface area contributed by atoms with Gasteiger partial charge in [-0.2, -0.15) is 0 Å². The molecule has 0 aliphatic heterocycles. The van der Waals surface area contributed by atoms with Crippen LogP contribution in [-0.4, -0.2) is 21.6 Å². The lowest BCUT2D eigenvalue weighted by Gasteiger charge is -2.23. The Balaban J connectivity index is 0.00000220. The molecule has 1 fully saturated rings. The maximum atomic E-state index is 5.97. The summed E-state index contributed by atoms with van der Waals surface area (Å²) in [6.45, 7) is 5.92. The highest BCUT2D eigenvalue weighted by atomic mass is 127. The number of aromatic nitrogens is 2. The Morgan fingerprint density at radius 2 is 2.14 bits per heavy atom. The highest BCUT2D eigenvalue weighted by Crippen LogP contribution is 2.17. The molecule has 3 N–H and O–H groups in total. The van der Waals surface area contributed by atoms with Gasteiger partial charge in [0.25, 0.3) is 0 Å². The van der Waals surface area contributed by atoms with E-state index in [9.17, 15) is 0 Å². The first-order valence-corrected chi connectivity index (χ1v) is 7.71. The zero-order chi connectivity index (χ0) is 14.4. The van der Waals surface area contributed by atoms with Crippen molar-refractivity contribution in [2.45, 2.75) is 65.1 Å². The molecule has 120 valence electrons. The van der Waals surface area contributed by atoms with Gasteiger partial charge in [-0.15, -0.1) is 24.0 Å². The molecule has 0 saturated heterocycles. The van der Waals surface area contributed by atoms with Crippen LogP contribution in [0.3, 0.4) is 0 Å². The Morgan fingerprint density at radius 3 is 2.81 bits per heavy atom. The third-order valence-corrected chi connectivity index (χ3v) is 3.71. The molecule has 21 heavy (non-hydrogen) atoms. The first-order valence-electron chi connectivity index (χ1n) is 7.71. The Morgan fingerprint density at radius 1 is 1.43 bits per heavy atom. The summed E-state index contributed by atoms with van der Waals surface area (Å²) < 4.78 is 2.15. The molecular weight excluding hydrogens is 377 g/mol. The predicted octanol–water partition coefficient (Wildman–Crippen LogP) is 2.89. The zero-order valence-electron chi connectivity index (χ0n) is 13.1. The second-order valence-electron chi connectivity index (χ2n) is 6.07. The Kier molecular flexibility index (Phi) is 8.06. The van der Waals surface area contributed by atoms with Crippen molar-refractivity contribution in [3.63, 3.8) is 0 Å². The lowest BCUT2D eigenvalue weighted by molar-refractivity contribution is 0.412. The number of guanidine groups is 1. The van der Waals surface area contributed by atoms with Crippen LogP contribution in [0.4, 0.5) is 0 Å². The average molecular weight is 405 g/mol. The van der Waals surface area contributed by atoms with Gasteiger partial charge in [0.05, 0.1) is 0 Å². The van der Waals surface area contributed by atoms with Crippen LogP contribution in [0.1, 0.15) is 51.8 Å². The van der Waals surface area contributed by atoms with Crippen molar-refractivity contribution in [2.24, 2.45) is 16.6 Å². The minimum atomic E-state index is 0. The van der Waals surface area contributed by atoms with E-state index < -0.39 is 0 Å². The van der Waals surface area contributed by atoms with E-state index in [1.54, 1.807) is 0 Å². The number of rotatable bonds is 5. The number of aliphatic imine (C=N–C) groups is 1. The average Bonchev–Trinajstić information content (AvgIpc) is 2.84. The maximum Gasteiger partial charge on any atom is 0.189 e. The van der Waals surface area contributed by atoms with Crippen LogP contribution in [0.25, 0.3) is 0 Å². The highest BCUT2D eigenvalue weighted by Gasteiger charge is 2.13. The molecule has 1 aliphatic rings. The molecule has 5 nitrogen and oxygen atoms in total. The number of hydrogen-bond acceptors (Lipinski definition) is 2. The molecule has 0 aromatic carbocycles. The fourth-order valence-corrected chi connectivity index (χ4v) is 2.71. The van der Waals surface area contributed by atoms with Crippen molar-refractivity contribution < 1.29 is 0 Å². The van der Waals surface area contributed by atoms with E-state index >= 15 is 0 Å². The molecule has 0 spiro atoms. The first kappa shape index (κ1) is 18.3. The number of nitrogens with two attached hydrogens (primary N) is 1. The number of imidazole rings is 1. The Bertz CT molecular complexity index is 435. The van der Waals surface area contributed by atoms with E-state index in [0.717, 1.165) is 12.4 Å². The van der Waals surface area contributed by atoms with Crippen molar-refractivity contribution in [2.75, 3.05) is 0 Å². The molecule has 0 unspecified atom stereocenters. The van der Waals surface area contributed by atoms with Gasteiger partial charge < -0.3 is 15.6 Å². The third-order valence-electron chi connectivity index (χ3n) is 3.71. The second-order valence-corrected chi connectivity index (χ2v) is 6.07. The van der Waals surface area contributed by atoms with Gasteiger partial charge in [-0.1, -0.05) is 33.1 Å². The van der Waals surface area contributed by atoms with Gasteiger partial charge >= 0.3 is 0 Å². The second kappa shape index (κ2) is 9.27. The minimum absolute atomic E-state index is 0. The minimum Gasteiger partial charge on any atom is -0.370 e. The maximum absolute atomic E-state index is 5.97. The smallest absolute Gasteiger partial charge is 0.189 e. The van der Waals surface area contributed by atoms with E-state index in [-0.39, 0.29) is 24.0 Å². The van der Waals surface area contributed by atoms with Crippen molar-refractivity contribution in [3.05, 3.63) is 18.2 Å². The molecule has 1 saturated carbocycles. The van der Waals surface area contributed by atoms with Crippen LogP contribution in [0, 0.1) is 5.92 Å². The first-order chi connectivity index (χ1) is 9.65. The van der Waals surface area contributed by atoms with Crippen molar-refractivity contribution in [1.82, 2.24) is 14.9 Å². The molecule has 0 amide bonds. The molecule has 1 aliphatic carbocycles. The molecule has 6 heteroatoms. The topological polar surface area (TPSA) is 68.2 Å². The van der Waals surface area contributed by atoms with E-state index in [0.29, 0.717) is 24.5 Å². The van der Waals surface area contributed by atoms with Crippen LogP contribution in [0.5, 0.6) is 0 Å². The van der Waals surface area contributed by atoms with Crippen LogP contribution in [0.2, 0.25) is 0 Å². The molecular formula is C15H28IN5. The largest absolute Gasteiger partial charge is 0.370 e. The third kappa shape index (κ3) is 6.23. The number of nitrogens with one attached hydrogen (secondary N) is 1. The summed E-state index contributed by atoms with van der Waals surface area (Å²) in [5, 5.41) is 3.33. The summed E-state index contributed by atoms with van der Waals surface area (Å²) in [4.78, 5) is 8.79. The SMILES string of the molecule is CC(C)Cn1ccnc1CN=C(N)NC1CCCCC1.I. The zero-order valence-corrected chi connectivity index (χ0v) is 15.4. The van der Waals surface area contributed by atoms with Crippen molar-refractivity contribution in [3.8, 4) is 0 Å². The van der Waals surface area contributed by atoms with Crippen LogP contribution >= 0.6 is 24.0 Å². The van der Waals surface area contributed by atoms with E-state index in [2.05, 4.69) is 33.7 Å². The van der Waals surface area contributed by atoms with Crippen molar-refractivity contribution in [1.29, 1.82) is 0 Å². The van der Waals surface area contributed by atoms with E-state index in [1.165, 1.54) is 32.1 Å². The summed E-state index contributed by atoms with van der Waals surface area (Å²) in [6, 6.07) is 0.503. The van der Waals surface area contributed by atoms with Crippen LogP contribution in [-0.2, 0) is 13.1 Å². The normalized spacial score (nSPS) is 16.8. The summed E-state index contributed by atoms with van der Waals surface area (Å²) in [6.07, 6.45) is 10.2. The molecule has 1 aromatic rings. The molecule has 0 atom stereocenters. The molecule has 2 rings (SSSR count). The Labute approximate surface area is 144 Å². The van der Waals surface area contributed by atoms with Gasteiger partial charge in [0.15, 0.2) is 5.96 Å². The van der Waals surface area contributed by atoms with Gasteiger partial charge in [0.1, 0.15) is 12.4 Å². The molecule has 0 radical (unpaired) electrons. The fraction of sp³-hybridized carbons (Fsp3) is 0.733. The predicted molar refractivity (Wildman–Crippen MR) is 97.8 cm³/mol. The highest BCUT2D eigenvalue weighted by molar-refractivity contribution is 14.0. The molecule has 0 bridgehead atoms. The lowest BCUT2D eigenvalue weighted by atomic mass is 9.96.